The van der Waals surface area contributed by atoms with Gasteiger partial charge in [0.25, 0.3) is 5.91 Å². The highest BCUT2D eigenvalue weighted by Crippen LogP contribution is 2.32. The molecule has 4 rings (SSSR count). The molecule has 1 saturated heterocycles. The molecule has 0 radical (unpaired) electrons. The van der Waals surface area contributed by atoms with Gasteiger partial charge in [0.2, 0.25) is 5.91 Å². The van der Waals surface area contributed by atoms with Crippen molar-refractivity contribution < 1.29 is 9.59 Å². The van der Waals surface area contributed by atoms with E-state index >= 15 is 0 Å². The first-order valence-electron chi connectivity index (χ1n) is 10.2. The van der Waals surface area contributed by atoms with E-state index in [9.17, 15) is 9.59 Å². The third kappa shape index (κ3) is 3.35. The van der Waals surface area contributed by atoms with E-state index in [-0.39, 0.29) is 17.7 Å². The largest absolute Gasteiger partial charge is 0.358 e. The zero-order chi connectivity index (χ0) is 19.1. The van der Waals surface area contributed by atoms with Gasteiger partial charge in [-0.2, -0.15) is 0 Å². The van der Waals surface area contributed by atoms with E-state index in [0.29, 0.717) is 32.1 Å². The molecular weight excluding hydrogens is 338 g/mol. The van der Waals surface area contributed by atoms with E-state index in [2.05, 4.69) is 18.0 Å². The molecule has 0 spiro atoms. The number of aromatic nitrogens is 1. The Kier molecular flexibility index (Phi) is 4.70. The van der Waals surface area contributed by atoms with Gasteiger partial charge in [0.15, 0.2) is 0 Å². The molecule has 1 N–H and O–H groups in total. The number of aromatic amines is 1. The maximum absolute atomic E-state index is 13.0. The lowest BCUT2D eigenvalue weighted by molar-refractivity contribution is -0.135. The molecule has 1 aromatic heterocycles. The van der Waals surface area contributed by atoms with E-state index in [0.717, 1.165) is 23.9 Å². The van der Waals surface area contributed by atoms with Crippen LogP contribution >= 0.6 is 0 Å². The highest BCUT2D eigenvalue weighted by molar-refractivity contribution is 5.99. The highest BCUT2D eigenvalue weighted by atomic mass is 16.2. The Morgan fingerprint density at radius 2 is 1.81 bits per heavy atom. The Morgan fingerprint density at radius 3 is 2.52 bits per heavy atom. The minimum absolute atomic E-state index is 0.0109. The van der Waals surface area contributed by atoms with Gasteiger partial charge in [-0.1, -0.05) is 20.8 Å². The van der Waals surface area contributed by atoms with Crippen LogP contribution in [0.4, 0.5) is 0 Å². The first-order valence-corrected chi connectivity index (χ1v) is 10.2. The predicted molar refractivity (Wildman–Crippen MR) is 107 cm³/mol. The first-order chi connectivity index (χ1) is 12.9. The molecule has 0 saturated carbocycles. The SMILES string of the molecule is CC1CCc2[nH]c3ccc(C(=O)N4CCN(C(=O)C(C)C)CC4)cc3c2C1. The fraction of sp³-hybridized carbons (Fsp3) is 0.545. The number of fused-ring (bicyclic) bond motifs is 3. The summed E-state index contributed by atoms with van der Waals surface area (Å²) in [4.78, 5) is 32.5. The minimum Gasteiger partial charge on any atom is -0.358 e. The van der Waals surface area contributed by atoms with Crippen molar-refractivity contribution in [1.29, 1.82) is 0 Å². The smallest absolute Gasteiger partial charge is 0.253 e. The third-order valence-corrected chi connectivity index (χ3v) is 6.05. The third-order valence-electron chi connectivity index (χ3n) is 6.05. The molecule has 5 nitrogen and oxygen atoms in total. The molecular formula is C22H29N3O2. The van der Waals surface area contributed by atoms with E-state index in [4.69, 9.17) is 0 Å². The van der Waals surface area contributed by atoms with Crippen molar-refractivity contribution in [2.45, 2.75) is 40.0 Å². The number of amides is 2. The average molecular weight is 367 g/mol. The van der Waals surface area contributed by atoms with Crippen LogP contribution in [-0.4, -0.2) is 52.8 Å². The van der Waals surface area contributed by atoms with Crippen LogP contribution in [0.3, 0.4) is 0 Å². The van der Waals surface area contributed by atoms with Crippen molar-refractivity contribution in [3.63, 3.8) is 0 Å². The molecule has 2 aromatic rings. The highest BCUT2D eigenvalue weighted by Gasteiger charge is 2.27. The van der Waals surface area contributed by atoms with Crippen LogP contribution in [0.1, 0.15) is 48.8 Å². The Morgan fingerprint density at radius 1 is 1.11 bits per heavy atom. The van der Waals surface area contributed by atoms with E-state index < -0.39 is 0 Å². The second-order valence-electron chi connectivity index (χ2n) is 8.46. The normalized spacial score (nSPS) is 20.2. The van der Waals surface area contributed by atoms with Gasteiger partial charge in [-0.05, 0) is 48.9 Å². The second kappa shape index (κ2) is 7.02. The van der Waals surface area contributed by atoms with Crippen molar-refractivity contribution >= 4 is 22.7 Å². The van der Waals surface area contributed by atoms with Crippen LogP contribution in [0.2, 0.25) is 0 Å². The second-order valence-corrected chi connectivity index (χ2v) is 8.46. The summed E-state index contributed by atoms with van der Waals surface area (Å²) in [6.07, 6.45) is 3.41. The topological polar surface area (TPSA) is 56.4 Å². The summed E-state index contributed by atoms with van der Waals surface area (Å²) in [5.74, 6) is 0.961. The minimum atomic E-state index is 0.0109. The molecule has 1 atom stereocenters. The number of nitrogens with zero attached hydrogens (tertiary/aromatic N) is 2. The van der Waals surface area contributed by atoms with Gasteiger partial charge in [0, 0.05) is 54.3 Å². The first kappa shape index (κ1) is 18.1. The van der Waals surface area contributed by atoms with Crippen LogP contribution < -0.4 is 0 Å². The standard InChI is InChI=1S/C22H29N3O2/c1-14(2)21(26)24-8-10-25(11-9-24)22(27)16-5-7-20-18(13-16)17-12-15(3)4-6-19(17)23-20/h5,7,13-15,23H,4,6,8-12H2,1-3H3. The quantitative estimate of drug-likeness (QED) is 0.886. The zero-order valence-electron chi connectivity index (χ0n) is 16.5. The predicted octanol–water partition coefficient (Wildman–Crippen LogP) is 3.23. The lowest BCUT2D eigenvalue weighted by Gasteiger charge is -2.35. The van der Waals surface area contributed by atoms with Crippen LogP contribution in [0.5, 0.6) is 0 Å². The number of benzene rings is 1. The van der Waals surface area contributed by atoms with Crippen LogP contribution in [0, 0.1) is 11.8 Å². The van der Waals surface area contributed by atoms with Crippen molar-refractivity contribution in [2.75, 3.05) is 26.2 Å². The Labute approximate surface area is 160 Å². The van der Waals surface area contributed by atoms with Crippen LogP contribution in [0.15, 0.2) is 18.2 Å². The summed E-state index contributed by atoms with van der Waals surface area (Å²) in [6, 6.07) is 6.04. The fourth-order valence-electron chi connectivity index (χ4n) is 4.40. The Hall–Kier alpha value is -2.30. The molecule has 1 aliphatic heterocycles. The summed E-state index contributed by atoms with van der Waals surface area (Å²) in [5.41, 5.74) is 4.63. The lowest BCUT2D eigenvalue weighted by Crippen LogP contribution is -2.51. The molecule has 27 heavy (non-hydrogen) atoms. The van der Waals surface area contributed by atoms with Gasteiger partial charge in [0.05, 0.1) is 0 Å². The van der Waals surface area contributed by atoms with Gasteiger partial charge in [-0.3, -0.25) is 9.59 Å². The van der Waals surface area contributed by atoms with Crippen molar-refractivity contribution in [2.24, 2.45) is 11.8 Å². The summed E-state index contributed by atoms with van der Waals surface area (Å²) in [5, 5.41) is 1.20. The number of hydrogen-bond donors (Lipinski definition) is 1. The van der Waals surface area contributed by atoms with E-state index in [1.165, 1.54) is 23.1 Å². The summed E-state index contributed by atoms with van der Waals surface area (Å²) in [7, 11) is 0. The summed E-state index contributed by atoms with van der Waals surface area (Å²) >= 11 is 0. The molecule has 1 aromatic carbocycles. The van der Waals surface area contributed by atoms with Crippen LogP contribution in [-0.2, 0) is 17.6 Å². The molecule has 1 aliphatic carbocycles. The van der Waals surface area contributed by atoms with Gasteiger partial charge in [-0.25, -0.2) is 0 Å². The van der Waals surface area contributed by atoms with Crippen LogP contribution in [0.25, 0.3) is 10.9 Å². The van der Waals surface area contributed by atoms with E-state index in [1.54, 1.807) is 0 Å². The Balaban J connectivity index is 1.52. The molecule has 2 amide bonds. The maximum Gasteiger partial charge on any atom is 0.253 e. The van der Waals surface area contributed by atoms with Gasteiger partial charge in [0.1, 0.15) is 0 Å². The van der Waals surface area contributed by atoms with Gasteiger partial charge in [-0.15, -0.1) is 0 Å². The number of nitrogens with one attached hydrogen (secondary N) is 1. The number of aryl methyl sites for hydroxylation is 1. The zero-order valence-corrected chi connectivity index (χ0v) is 16.5. The molecule has 2 heterocycles. The fourth-order valence-corrected chi connectivity index (χ4v) is 4.40. The average Bonchev–Trinajstić information content (AvgIpc) is 3.04. The molecule has 144 valence electrons. The number of piperazine rings is 1. The summed E-state index contributed by atoms with van der Waals surface area (Å²) in [6.45, 7) is 8.62. The van der Waals surface area contributed by atoms with Crippen molar-refractivity contribution in [3.8, 4) is 0 Å². The van der Waals surface area contributed by atoms with Crippen molar-refractivity contribution in [1.82, 2.24) is 14.8 Å². The molecule has 1 unspecified atom stereocenters. The molecule has 0 bridgehead atoms. The molecule has 5 heteroatoms. The van der Waals surface area contributed by atoms with E-state index in [1.807, 2.05) is 35.8 Å². The number of carbonyl (C=O) groups is 2. The van der Waals surface area contributed by atoms with Gasteiger partial charge >= 0.3 is 0 Å². The van der Waals surface area contributed by atoms with Crippen molar-refractivity contribution in [3.05, 3.63) is 35.0 Å². The monoisotopic (exact) mass is 367 g/mol. The Bertz CT molecular complexity index is 875. The van der Waals surface area contributed by atoms with Gasteiger partial charge < -0.3 is 14.8 Å². The molecule has 2 aliphatic rings. The number of carbonyl (C=O) groups excluding carboxylic acids is 2. The number of rotatable bonds is 2. The maximum atomic E-state index is 13.0. The molecule has 1 fully saturated rings. The lowest BCUT2D eigenvalue weighted by atomic mass is 9.87. The number of hydrogen-bond acceptors (Lipinski definition) is 2. The summed E-state index contributed by atoms with van der Waals surface area (Å²) < 4.78 is 0. The number of H-pyrrole nitrogens is 1.